The average molecular weight is 325 g/mol. The zero-order chi connectivity index (χ0) is 16.8. The summed E-state index contributed by atoms with van der Waals surface area (Å²) in [5.41, 5.74) is -0.0555. The molecule has 1 atom stereocenters. The normalized spacial score (nSPS) is 12.5. The third kappa shape index (κ3) is 5.60. The number of hydrogen-bond acceptors (Lipinski definition) is 4. The number of benzene rings is 1. The van der Waals surface area contributed by atoms with Crippen molar-refractivity contribution in [2.45, 2.75) is 38.8 Å². The molecule has 6 heteroatoms. The van der Waals surface area contributed by atoms with Crippen LogP contribution < -0.4 is 10.1 Å². The van der Waals surface area contributed by atoms with E-state index in [9.17, 15) is 9.59 Å². The van der Waals surface area contributed by atoms with Crippen molar-refractivity contribution >= 4 is 23.6 Å². The Labute approximate surface area is 135 Å². The van der Waals surface area contributed by atoms with E-state index in [1.54, 1.807) is 37.7 Å². The summed E-state index contributed by atoms with van der Waals surface area (Å²) in [6.45, 7) is 5.20. The minimum Gasteiger partial charge on any atom is -0.480 e. The highest BCUT2D eigenvalue weighted by Gasteiger charge is 2.33. The smallest absolute Gasteiger partial charge is 0.326 e. The topological polar surface area (TPSA) is 75.6 Å². The van der Waals surface area contributed by atoms with Gasteiger partial charge in [-0.25, -0.2) is 4.79 Å². The van der Waals surface area contributed by atoms with E-state index in [1.807, 2.05) is 25.3 Å². The Balaban J connectivity index is 2.71. The molecule has 2 N–H and O–H groups in total. The van der Waals surface area contributed by atoms with Gasteiger partial charge in [0.05, 0.1) is 0 Å². The lowest BCUT2D eigenvalue weighted by molar-refractivity contribution is -0.145. The third-order valence-electron chi connectivity index (χ3n) is 3.15. The summed E-state index contributed by atoms with van der Waals surface area (Å²) in [5.74, 6) is -0.243. The maximum atomic E-state index is 12.3. The minimum atomic E-state index is -1.15. The van der Waals surface area contributed by atoms with E-state index in [-0.39, 0.29) is 0 Å². The van der Waals surface area contributed by atoms with E-state index in [0.717, 1.165) is 5.56 Å². The molecule has 0 heterocycles. The number of thioether (sulfide) groups is 1. The highest BCUT2D eigenvalue weighted by atomic mass is 32.2. The first-order chi connectivity index (χ1) is 10.3. The predicted molar refractivity (Wildman–Crippen MR) is 88.5 cm³/mol. The first-order valence-electron chi connectivity index (χ1n) is 7.04. The number of rotatable bonds is 8. The maximum absolute atomic E-state index is 12.3. The van der Waals surface area contributed by atoms with E-state index in [1.165, 1.54) is 0 Å². The van der Waals surface area contributed by atoms with Gasteiger partial charge in [-0.05, 0) is 51.3 Å². The number of ether oxygens (including phenoxy) is 1. The van der Waals surface area contributed by atoms with Crippen molar-refractivity contribution in [3.8, 4) is 5.75 Å². The Bertz CT molecular complexity index is 513. The average Bonchev–Trinajstić information content (AvgIpc) is 2.45. The second kappa shape index (κ2) is 8.08. The van der Waals surface area contributed by atoms with Crippen LogP contribution in [0.15, 0.2) is 24.3 Å². The van der Waals surface area contributed by atoms with Gasteiger partial charge in [0.25, 0.3) is 5.91 Å². The van der Waals surface area contributed by atoms with Crippen LogP contribution in [-0.2, 0) is 9.59 Å². The molecule has 0 aliphatic carbocycles. The molecule has 0 saturated heterocycles. The van der Waals surface area contributed by atoms with E-state index in [4.69, 9.17) is 9.84 Å². The maximum Gasteiger partial charge on any atom is 0.326 e. The second-order valence-corrected chi connectivity index (χ2v) is 6.56. The van der Waals surface area contributed by atoms with Gasteiger partial charge in [0.2, 0.25) is 0 Å². The van der Waals surface area contributed by atoms with Crippen molar-refractivity contribution in [3.63, 3.8) is 0 Å². The number of carboxylic acids is 1. The van der Waals surface area contributed by atoms with Gasteiger partial charge < -0.3 is 15.2 Å². The van der Waals surface area contributed by atoms with Gasteiger partial charge in [-0.15, -0.1) is 0 Å². The van der Waals surface area contributed by atoms with E-state index in [2.05, 4.69) is 5.32 Å². The molecule has 1 aromatic carbocycles. The van der Waals surface area contributed by atoms with Crippen molar-refractivity contribution in [1.29, 1.82) is 0 Å². The zero-order valence-electron chi connectivity index (χ0n) is 13.4. The van der Waals surface area contributed by atoms with Crippen LogP contribution in [0.1, 0.15) is 25.8 Å². The van der Waals surface area contributed by atoms with Crippen LogP contribution in [0.2, 0.25) is 0 Å². The lowest BCUT2D eigenvalue weighted by Crippen LogP contribution is -2.52. The summed E-state index contributed by atoms with van der Waals surface area (Å²) in [6.07, 6.45) is 2.27. The Hall–Kier alpha value is -1.69. The van der Waals surface area contributed by atoms with Crippen molar-refractivity contribution in [1.82, 2.24) is 5.32 Å². The van der Waals surface area contributed by atoms with Crippen LogP contribution in [0.4, 0.5) is 0 Å². The van der Waals surface area contributed by atoms with Crippen molar-refractivity contribution in [3.05, 3.63) is 29.8 Å². The Morgan fingerprint density at radius 3 is 2.41 bits per heavy atom. The molecule has 1 unspecified atom stereocenters. The number of carbonyl (C=O) groups is 2. The predicted octanol–water partition coefficient (Wildman–Crippen LogP) is 2.47. The number of nitrogens with one attached hydrogen (secondary N) is 1. The standard InChI is InChI=1S/C16H23NO4S/c1-11-5-7-12(8-6-11)21-16(2,3)15(20)17-13(14(18)19)9-10-22-4/h5-8,13H,9-10H2,1-4H3,(H,17,20)(H,18,19). The number of hydrogen-bond donors (Lipinski definition) is 2. The molecule has 0 spiro atoms. The summed E-state index contributed by atoms with van der Waals surface area (Å²) in [6, 6.07) is 6.45. The number of amides is 1. The molecule has 5 nitrogen and oxygen atoms in total. The molecule has 0 aliphatic heterocycles. The molecule has 22 heavy (non-hydrogen) atoms. The van der Waals surface area contributed by atoms with Gasteiger partial charge in [0, 0.05) is 0 Å². The quantitative estimate of drug-likeness (QED) is 0.768. The molecular formula is C16H23NO4S. The molecule has 0 saturated carbocycles. The molecular weight excluding hydrogens is 302 g/mol. The second-order valence-electron chi connectivity index (χ2n) is 5.57. The lowest BCUT2D eigenvalue weighted by Gasteiger charge is -2.27. The summed E-state index contributed by atoms with van der Waals surface area (Å²) in [5, 5.41) is 11.7. The van der Waals surface area contributed by atoms with Crippen molar-refractivity contribution in [2.24, 2.45) is 0 Å². The fourth-order valence-electron chi connectivity index (χ4n) is 1.77. The third-order valence-corrected chi connectivity index (χ3v) is 3.80. The molecule has 0 bridgehead atoms. The van der Waals surface area contributed by atoms with E-state index < -0.39 is 23.5 Å². The molecule has 1 aromatic rings. The fourth-order valence-corrected chi connectivity index (χ4v) is 2.24. The summed E-state index contributed by atoms with van der Waals surface area (Å²) in [4.78, 5) is 23.5. The van der Waals surface area contributed by atoms with Crippen molar-refractivity contribution in [2.75, 3.05) is 12.0 Å². The highest BCUT2D eigenvalue weighted by Crippen LogP contribution is 2.19. The highest BCUT2D eigenvalue weighted by molar-refractivity contribution is 7.98. The lowest BCUT2D eigenvalue weighted by atomic mass is 10.1. The Morgan fingerprint density at radius 2 is 1.91 bits per heavy atom. The van der Waals surface area contributed by atoms with Gasteiger partial charge >= 0.3 is 5.97 Å². The molecule has 0 radical (unpaired) electrons. The summed E-state index contributed by atoms with van der Waals surface area (Å²) >= 11 is 1.54. The summed E-state index contributed by atoms with van der Waals surface area (Å²) in [7, 11) is 0. The van der Waals surface area contributed by atoms with Crippen LogP contribution in [-0.4, -0.2) is 40.6 Å². The van der Waals surface area contributed by atoms with Gasteiger partial charge in [0.15, 0.2) is 5.60 Å². The van der Waals surface area contributed by atoms with E-state index in [0.29, 0.717) is 17.9 Å². The Kier molecular flexibility index (Phi) is 6.74. The minimum absolute atomic E-state index is 0.378. The Morgan fingerprint density at radius 1 is 1.32 bits per heavy atom. The van der Waals surface area contributed by atoms with Gasteiger partial charge in [-0.1, -0.05) is 17.7 Å². The van der Waals surface area contributed by atoms with E-state index >= 15 is 0 Å². The number of carbonyl (C=O) groups excluding carboxylic acids is 1. The van der Waals surface area contributed by atoms with Gasteiger partial charge in [-0.2, -0.15) is 11.8 Å². The van der Waals surface area contributed by atoms with Gasteiger partial charge in [0.1, 0.15) is 11.8 Å². The number of carboxylic acid groups (broad SMARTS) is 1. The molecule has 1 amide bonds. The van der Waals surface area contributed by atoms with Crippen LogP contribution in [0, 0.1) is 6.92 Å². The zero-order valence-corrected chi connectivity index (χ0v) is 14.2. The molecule has 0 aromatic heterocycles. The summed E-state index contributed by atoms with van der Waals surface area (Å²) < 4.78 is 5.69. The van der Waals surface area contributed by atoms with Crippen molar-refractivity contribution < 1.29 is 19.4 Å². The fraction of sp³-hybridized carbons (Fsp3) is 0.500. The first-order valence-corrected chi connectivity index (χ1v) is 8.44. The SMILES string of the molecule is CSCCC(NC(=O)C(C)(C)Oc1ccc(C)cc1)C(=O)O. The monoisotopic (exact) mass is 325 g/mol. The largest absolute Gasteiger partial charge is 0.480 e. The number of aryl methyl sites for hydroxylation is 1. The van der Waals surface area contributed by atoms with Crippen LogP contribution >= 0.6 is 11.8 Å². The molecule has 1 rings (SSSR count). The number of aliphatic carboxylic acids is 1. The van der Waals surface area contributed by atoms with Crippen LogP contribution in [0.3, 0.4) is 0 Å². The molecule has 0 fully saturated rings. The van der Waals surface area contributed by atoms with Gasteiger partial charge in [-0.3, -0.25) is 4.79 Å². The molecule has 122 valence electrons. The first kappa shape index (κ1) is 18.4. The van der Waals surface area contributed by atoms with Crippen LogP contribution in [0.25, 0.3) is 0 Å². The van der Waals surface area contributed by atoms with Crippen LogP contribution in [0.5, 0.6) is 5.75 Å². The molecule has 0 aliphatic rings.